The minimum absolute atomic E-state index is 0.0904. The van der Waals surface area contributed by atoms with Gasteiger partial charge in [-0.2, -0.15) is 0 Å². The molecule has 0 saturated heterocycles. The Morgan fingerprint density at radius 2 is 1.67 bits per heavy atom. The molecular weight excluding hydrogens is 440 g/mol. The molecule has 0 unspecified atom stereocenters. The molecule has 2 N–H and O–H groups in total. The average molecular weight is 461 g/mol. The van der Waals surface area contributed by atoms with E-state index in [0.717, 1.165) is 11.1 Å². The maximum absolute atomic E-state index is 12.4. The molecule has 4 aromatic rings. The summed E-state index contributed by atoms with van der Waals surface area (Å²) in [6, 6.07) is 18.1. The second-order valence-electron chi connectivity index (χ2n) is 7.33. The summed E-state index contributed by atoms with van der Waals surface area (Å²) in [4.78, 5) is 28.6. The SMILES string of the molecule is Cc1ccc(C(=O)NNC(=O)CCc2nnc(-c3ccncc3)n2-c2ccccc2Cl)cc1. The molecule has 4 rings (SSSR count). The molecule has 9 heteroatoms. The van der Waals surface area contributed by atoms with E-state index in [1.165, 1.54) is 0 Å². The number of benzene rings is 2. The number of halogens is 1. The van der Waals surface area contributed by atoms with Crippen molar-refractivity contribution < 1.29 is 9.59 Å². The molecule has 0 atom stereocenters. The number of hydrogen-bond donors (Lipinski definition) is 2. The quantitative estimate of drug-likeness (QED) is 0.427. The van der Waals surface area contributed by atoms with Gasteiger partial charge in [0.1, 0.15) is 5.82 Å². The zero-order chi connectivity index (χ0) is 23.2. The summed E-state index contributed by atoms with van der Waals surface area (Å²) < 4.78 is 1.83. The number of amides is 2. The monoisotopic (exact) mass is 460 g/mol. The van der Waals surface area contributed by atoms with E-state index in [1.807, 2.05) is 54.0 Å². The molecule has 2 amide bonds. The molecule has 0 bridgehead atoms. The van der Waals surface area contributed by atoms with Gasteiger partial charge in [0.15, 0.2) is 5.82 Å². The van der Waals surface area contributed by atoms with Crippen molar-refractivity contribution in [2.24, 2.45) is 0 Å². The van der Waals surface area contributed by atoms with Crippen molar-refractivity contribution in [3.8, 4) is 17.1 Å². The highest BCUT2D eigenvalue weighted by atomic mass is 35.5. The first-order valence-electron chi connectivity index (χ1n) is 10.3. The smallest absolute Gasteiger partial charge is 0.269 e. The van der Waals surface area contributed by atoms with Crippen molar-refractivity contribution in [1.82, 2.24) is 30.6 Å². The van der Waals surface area contributed by atoms with E-state index in [9.17, 15) is 9.59 Å². The Morgan fingerprint density at radius 1 is 0.939 bits per heavy atom. The molecule has 2 aromatic heterocycles. The Hall–Kier alpha value is -4.04. The third kappa shape index (κ3) is 5.24. The van der Waals surface area contributed by atoms with Crippen molar-refractivity contribution in [3.05, 3.63) is 95.0 Å². The number of carbonyl (C=O) groups excluding carboxylic acids is 2. The van der Waals surface area contributed by atoms with Gasteiger partial charge in [0.2, 0.25) is 5.91 Å². The van der Waals surface area contributed by atoms with Crippen LogP contribution in [0.2, 0.25) is 5.02 Å². The largest absolute Gasteiger partial charge is 0.277 e. The average Bonchev–Trinajstić information content (AvgIpc) is 3.26. The molecule has 33 heavy (non-hydrogen) atoms. The number of hydrogen-bond acceptors (Lipinski definition) is 5. The fourth-order valence-electron chi connectivity index (χ4n) is 3.24. The standard InChI is InChI=1S/C24H21ClN6O2/c1-16-6-8-18(9-7-16)24(33)30-28-22(32)11-10-21-27-29-23(17-12-14-26-15-13-17)31(21)20-5-3-2-4-19(20)25/h2-9,12-15H,10-11H2,1H3,(H,28,32)(H,30,33). The van der Waals surface area contributed by atoms with Gasteiger partial charge in [-0.25, -0.2) is 0 Å². The van der Waals surface area contributed by atoms with Gasteiger partial charge in [-0.3, -0.25) is 30.0 Å². The lowest BCUT2D eigenvalue weighted by Crippen LogP contribution is -2.41. The highest BCUT2D eigenvalue weighted by Gasteiger charge is 2.18. The highest BCUT2D eigenvalue weighted by Crippen LogP contribution is 2.27. The third-order valence-electron chi connectivity index (χ3n) is 4.97. The van der Waals surface area contributed by atoms with Gasteiger partial charge in [-0.05, 0) is 43.3 Å². The molecule has 0 aliphatic heterocycles. The van der Waals surface area contributed by atoms with Crippen LogP contribution in [0.4, 0.5) is 0 Å². The molecule has 0 spiro atoms. The van der Waals surface area contributed by atoms with Crippen molar-refractivity contribution in [2.45, 2.75) is 19.8 Å². The van der Waals surface area contributed by atoms with Gasteiger partial charge in [0.25, 0.3) is 5.91 Å². The first kappa shape index (κ1) is 22.2. The Labute approximate surface area is 195 Å². The van der Waals surface area contributed by atoms with Crippen LogP contribution < -0.4 is 10.9 Å². The van der Waals surface area contributed by atoms with Gasteiger partial charge in [-0.1, -0.05) is 41.4 Å². The minimum Gasteiger partial charge on any atom is -0.277 e. The molecule has 166 valence electrons. The summed E-state index contributed by atoms with van der Waals surface area (Å²) in [5.41, 5.74) is 7.91. The molecule has 0 fully saturated rings. The molecule has 2 aromatic carbocycles. The van der Waals surface area contributed by atoms with E-state index in [2.05, 4.69) is 26.0 Å². The number of para-hydroxylation sites is 1. The molecule has 8 nitrogen and oxygen atoms in total. The summed E-state index contributed by atoms with van der Waals surface area (Å²) in [5.74, 6) is 0.417. The Bertz CT molecular complexity index is 1270. The number of rotatable bonds is 6. The van der Waals surface area contributed by atoms with Gasteiger partial charge in [0.05, 0.1) is 10.7 Å². The van der Waals surface area contributed by atoms with Crippen LogP contribution in [0.25, 0.3) is 17.1 Å². The Balaban J connectivity index is 1.48. The normalized spacial score (nSPS) is 10.6. The number of hydrazine groups is 1. The Morgan fingerprint density at radius 3 is 2.39 bits per heavy atom. The van der Waals surface area contributed by atoms with Crippen molar-refractivity contribution >= 4 is 23.4 Å². The minimum atomic E-state index is -0.387. The summed E-state index contributed by atoms with van der Waals surface area (Å²) in [7, 11) is 0. The predicted molar refractivity (Wildman–Crippen MR) is 125 cm³/mol. The van der Waals surface area contributed by atoms with Crippen LogP contribution >= 0.6 is 11.6 Å². The molecular formula is C24H21ClN6O2. The van der Waals surface area contributed by atoms with Crippen LogP contribution in [-0.4, -0.2) is 31.6 Å². The van der Waals surface area contributed by atoms with Crippen molar-refractivity contribution in [1.29, 1.82) is 0 Å². The summed E-state index contributed by atoms with van der Waals surface area (Å²) in [6.45, 7) is 1.94. The lowest BCUT2D eigenvalue weighted by atomic mass is 10.1. The third-order valence-corrected chi connectivity index (χ3v) is 5.29. The number of nitrogens with zero attached hydrogens (tertiary/aromatic N) is 4. The van der Waals surface area contributed by atoms with Crippen LogP contribution in [0.3, 0.4) is 0 Å². The zero-order valence-electron chi connectivity index (χ0n) is 17.8. The summed E-state index contributed by atoms with van der Waals surface area (Å²) in [6.07, 6.45) is 3.72. The first-order chi connectivity index (χ1) is 16.0. The van der Waals surface area contributed by atoms with Crippen LogP contribution in [-0.2, 0) is 11.2 Å². The maximum atomic E-state index is 12.4. The van der Waals surface area contributed by atoms with Crippen LogP contribution in [0, 0.1) is 6.92 Å². The molecule has 0 radical (unpaired) electrons. The second kappa shape index (κ2) is 10.1. The fourth-order valence-corrected chi connectivity index (χ4v) is 3.46. The van der Waals surface area contributed by atoms with E-state index >= 15 is 0 Å². The molecule has 0 aliphatic rings. The lowest BCUT2D eigenvalue weighted by molar-refractivity contribution is -0.121. The van der Waals surface area contributed by atoms with E-state index in [1.54, 1.807) is 30.6 Å². The fraction of sp³-hybridized carbons (Fsp3) is 0.125. The van der Waals surface area contributed by atoms with Crippen molar-refractivity contribution in [3.63, 3.8) is 0 Å². The lowest BCUT2D eigenvalue weighted by Gasteiger charge is -2.12. The van der Waals surface area contributed by atoms with Gasteiger partial charge >= 0.3 is 0 Å². The molecule has 0 saturated carbocycles. The maximum Gasteiger partial charge on any atom is 0.269 e. The summed E-state index contributed by atoms with van der Waals surface area (Å²) in [5, 5.41) is 9.16. The number of carbonyl (C=O) groups is 2. The molecule has 0 aliphatic carbocycles. The summed E-state index contributed by atoms with van der Waals surface area (Å²) >= 11 is 6.45. The second-order valence-corrected chi connectivity index (χ2v) is 7.74. The number of pyridine rings is 1. The van der Waals surface area contributed by atoms with E-state index < -0.39 is 0 Å². The van der Waals surface area contributed by atoms with E-state index in [4.69, 9.17) is 11.6 Å². The predicted octanol–water partition coefficient (Wildman–Crippen LogP) is 3.68. The van der Waals surface area contributed by atoms with E-state index in [0.29, 0.717) is 27.9 Å². The number of aryl methyl sites for hydroxylation is 2. The van der Waals surface area contributed by atoms with Gasteiger partial charge in [0, 0.05) is 36.4 Å². The zero-order valence-corrected chi connectivity index (χ0v) is 18.6. The topological polar surface area (TPSA) is 102 Å². The van der Waals surface area contributed by atoms with Crippen molar-refractivity contribution in [2.75, 3.05) is 0 Å². The number of nitrogens with one attached hydrogen (secondary N) is 2. The van der Waals surface area contributed by atoms with Gasteiger partial charge in [-0.15, -0.1) is 10.2 Å². The highest BCUT2D eigenvalue weighted by molar-refractivity contribution is 6.32. The van der Waals surface area contributed by atoms with E-state index in [-0.39, 0.29) is 24.7 Å². The Kier molecular flexibility index (Phi) is 6.75. The first-order valence-corrected chi connectivity index (χ1v) is 10.7. The number of aromatic nitrogens is 4. The van der Waals surface area contributed by atoms with Crippen LogP contribution in [0.1, 0.15) is 28.2 Å². The van der Waals surface area contributed by atoms with Crippen LogP contribution in [0.5, 0.6) is 0 Å². The molecule has 2 heterocycles. The van der Waals surface area contributed by atoms with Crippen LogP contribution in [0.15, 0.2) is 73.1 Å². The van der Waals surface area contributed by atoms with Gasteiger partial charge < -0.3 is 0 Å².